The number of allylic oxidation sites excluding steroid dienone is 4. The summed E-state index contributed by atoms with van der Waals surface area (Å²) < 4.78 is 54.6. The van der Waals surface area contributed by atoms with Crippen molar-refractivity contribution in [3.8, 4) is 0 Å². The number of aliphatic hydroxyl groups is 7. The molecule has 0 aromatic heterocycles. The molecule has 21 heteroatoms. The van der Waals surface area contributed by atoms with Crippen LogP contribution in [-0.2, 0) is 42.8 Å². The average molecular weight is 1190 g/mol. The van der Waals surface area contributed by atoms with E-state index in [4.69, 9.17) is 40.0 Å². The monoisotopic (exact) mass is 1190 g/mol. The third-order valence-electron chi connectivity index (χ3n) is 21.8. The number of amides is 1. The van der Waals surface area contributed by atoms with Crippen molar-refractivity contribution < 1.29 is 82.9 Å². The quantitative estimate of drug-likeness (QED) is 0.0718. The predicted octanol–water partition coefficient (Wildman–Crippen LogP) is 4.49. The Kier molecular flexibility index (Phi) is 20.6. The number of cyclic esters (lactones) is 1. The van der Waals surface area contributed by atoms with E-state index in [0.717, 1.165) is 0 Å². The molecule has 4 aliphatic carbocycles. The van der Waals surface area contributed by atoms with Gasteiger partial charge in [-0.2, -0.15) is 0 Å². The lowest BCUT2D eigenvalue weighted by atomic mass is 9.45. The number of ketones is 1. The highest BCUT2D eigenvalue weighted by atomic mass is 35.5. The summed E-state index contributed by atoms with van der Waals surface area (Å²) in [7, 11) is 5.21. The van der Waals surface area contributed by atoms with Crippen LogP contribution in [0.2, 0.25) is 0 Å². The minimum Gasteiger partial charge on any atom is -0.459 e. The molecule has 3 saturated heterocycles. The molecule has 3 saturated carbocycles. The molecule has 6 fully saturated rings. The zero-order chi connectivity index (χ0) is 61.2. The van der Waals surface area contributed by atoms with E-state index in [9.17, 15) is 50.1 Å². The zero-order valence-corrected chi connectivity index (χ0v) is 52.1. The molecule has 0 radical (unpaired) electrons. The lowest BCUT2D eigenvalue weighted by Crippen LogP contribution is -2.70. The smallest absolute Gasteiger partial charge is 0.311 e. The fourth-order valence-electron chi connectivity index (χ4n) is 16.3. The summed E-state index contributed by atoms with van der Waals surface area (Å²) in [5, 5.41) is 88.8. The number of ether oxygens (including phenoxy) is 6. The summed E-state index contributed by atoms with van der Waals surface area (Å²) in [6, 6.07) is -1.16. The SMILES string of the molecule is CC[C@H]1OC(=O)[C@H](C)[C@@H](OC2C[C@](C)(OC)[C@H](O)C(C)O2)[C@H](C)[C@@H](OC2OC(C)C[C@@H](N(C)C)[C@H]2O)[C@@](O)(CC)CCCN(CCCNC(=O)[C@@]2(O)[C@H](C)CC3C4C[C@H](F)C5=CC(=O)C=C[C@]5(C)[C@@]4(Cl)[C@@H](O)C[C@@]32C)[C@H](C)[C@@H](O)[C@]1(C)O. The Morgan fingerprint density at radius 1 is 0.927 bits per heavy atom. The van der Waals surface area contributed by atoms with Gasteiger partial charge in [-0.25, -0.2) is 4.39 Å². The van der Waals surface area contributed by atoms with E-state index in [1.54, 1.807) is 68.4 Å². The number of aliphatic hydroxyl groups excluding tert-OH is 4. The molecule has 0 spiro atoms. The number of hydrogen-bond donors (Lipinski definition) is 8. The van der Waals surface area contributed by atoms with Gasteiger partial charge in [0.05, 0.1) is 52.5 Å². The van der Waals surface area contributed by atoms with Crippen molar-refractivity contribution in [2.24, 2.45) is 40.4 Å². The molecule has 6 unspecified atom stereocenters. The molecule has 26 atom stereocenters. The molecule has 3 heterocycles. The summed E-state index contributed by atoms with van der Waals surface area (Å²) in [5.41, 5.74) is -8.96. The third kappa shape index (κ3) is 11.7. The van der Waals surface area contributed by atoms with E-state index in [2.05, 4.69) is 5.32 Å². The molecule has 8 N–H and O–H groups in total. The van der Waals surface area contributed by atoms with Crippen LogP contribution in [0.5, 0.6) is 0 Å². The summed E-state index contributed by atoms with van der Waals surface area (Å²) >= 11 is 7.57. The van der Waals surface area contributed by atoms with Crippen LogP contribution in [0.1, 0.15) is 147 Å². The summed E-state index contributed by atoms with van der Waals surface area (Å²) in [4.78, 5) is 44.3. The molecule has 7 rings (SSSR count). The van der Waals surface area contributed by atoms with E-state index in [0.29, 0.717) is 25.7 Å². The number of hydrogen-bond acceptors (Lipinski definition) is 18. The maximum atomic E-state index is 16.3. The number of fused-ring (bicyclic) bond motifs is 5. The Morgan fingerprint density at radius 3 is 2.22 bits per heavy atom. The number of nitrogens with one attached hydrogen (secondary N) is 1. The molecule has 470 valence electrons. The fraction of sp³-hybridized carbons (Fsp3) is 0.885. The Balaban J connectivity index is 1.16. The highest BCUT2D eigenvalue weighted by Gasteiger charge is 2.76. The number of rotatable bonds is 13. The minimum absolute atomic E-state index is 0.0524. The number of esters is 1. The minimum atomic E-state index is -2.01. The van der Waals surface area contributed by atoms with Gasteiger partial charge in [-0.1, -0.05) is 47.6 Å². The standard InChI is InChI=1S/C61H101ClFN3O16/c1-16-45-58(12,74)49(70)36(7)66(25-19-23-64-54(73)61(76)32(3)26-39-40-29-42(63)41-28-38(67)20-22-55(41,9)60(40,62)44(68)30-56(39,61)10)24-18-21-59(75,17-2)51(82-53-47(69)43(65(13)14)27-33(4)78-53)34(5)48(35(6)52(72)80-45)81-46-31-57(11,77-15)50(71)37(8)79-46/h20,22,28,32-37,39-40,42-51,53,68-71,74-76H,16-19,21,23-27,29-31H2,1-15H3,(H,64,73)/t32-,33?,34+,35-,36-,37?,39?,40?,42+,43-,44+,45-,46?,47-,48+,49-,50-,51-,53?,55+,56+,57+,58-,59-,60+,61+/m1/s1. The van der Waals surface area contributed by atoms with Gasteiger partial charge in [0, 0.05) is 55.5 Å². The van der Waals surface area contributed by atoms with Crippen LogP contribution >= 0.6 is 11.6 Å². The zero-order valence-electron chi connectivity index (χ0n) is 51.3. The number of halogens is 2. The number of likely N-dealkylation sites (N-methyl/N-ethyl adjacent to an activating group) is 1. The second-order valence-electron chi connectivity index (χ2n) is 27.0. The largest absolute Gasteiger partial charge is 0.459 e. The predicted molar refractivity (Wildman–Crippen MR) is 304 cm³/mol. The van der Waals surface area contributed by atoms with E-state index >= 15 is 4.39 Å². The molecule has 82 heavy (non-hydrogen) atoms. The van der Waals surface area contributed by atoms with Crippen molar-refractivity contribution in [2.75, 3.05) is 40.8 Å². The number of alkyl halides is 2. The van der Waals surface area contributed by atoms with Crippen molar-refractivity contribution >= 4 is 29.3 Å². The number of methoxy groups -OCH3 is 1. The van der Waals surface area contributed by atoms with Gasteiger partial charge in [0.1, 0.15) is 36.2 Å². The van der Waals surface area contributed by atoms with Gasteiger partial charge in [-0.15, -0.1) is 11.6 Å². The van der Waals surface area contributed by atoms with Gasteiger partial charge < -0.3 is 74.4 Å². The van der Waals surface area contributed by atoms with Gasteiger partial charge in [0.15, 0.2) is 24.0 Å². The van der Waals surface area contributed by atoms with Crippen LogP contribution in [0, 0.1) is 40.4 Å². The summed E-state index contributed by atoms with van der Waals surface area (Å²) in [6.45, 7) is 21.3. The van der Waals surface area contributed by atoms with Crippen molar-refractivity contribution in [1.82, 2.24) is 15.1 Å². The number of carbonyl (C=O) groups is 3. The van der Waals surface area contributed by atoms with Gasteiger partial charge in [-0.3, -0.25) is 19.3 Å². The van der Waals surface area contributed by atoms with E-state index in [-0.39, 0.29) is 81.7 Å². The highest BCUT2D eigenvalue weighted by molar-refractivity contribution is 6.26. The van der Waals surface area contributed by atoms with Crippen molar-refractivity contribution in [1.29, 1.82) is 0 Å². The van der Waals surface area contributed by atoms with Crippen molar-refractivity contribution in [3.63, 3.8) is 0 Å². The molecular weight excluding hydrogens is 1090 g/mol. The Bertz CT molecular complexity index is 2340. The Labute approximate surface area is 490 Å². The van der Waals surface area contributed by atoms with Gasteiger partial charge >= 0.3 is 5.97 Å². The third-order valence-corrected chi connectivity index (χ3v) is 22.7. The van der Waals surface area contributed by atoms with E-state index in [1.165, 1.54) is 26.2 Å². The first-order valence-electron chi connectivity index (χ1n) is 30.3. The first-order chi connectivity index (χ1) is 38.1. The second-order valence-corrected chi connectivity index (χ2v) is 27.7. The highest BCUT2D eigenvalue weighted by Crippen LogP contribution is 2.71. The van der Waals surface area contributed by atoms with Crippen LogP contribution in [-0.4, -0.2) is 217 Å². The number of nitrogens with zero attached hydrogens (tertiary/aromatic N) is 2. The lowest BCUT2D eigenvalue weighted by molar-refractivity contribution is -0.319. The Hall–Kier alpha value is -2.25. The lowest BCUT2D eigenvalue weighted by Gasteiger charge is -2.64. The van der Waals surface area contributed by atoms with Crippen LogP contribution < -0.4 is 5.32 Å². The van der Waals surface area contributed by atoms with E-state index < -0.39 is 153 Å². The molecule has 1 amide bonds. The second kappa shape index (κ2) is 25.1. The summed E-state index contributed by atoms with van der Waals surface area (Å²) in [6.07, 6.45) is -7.36. The van der Waals surface area contributed by atoms with E-state index in [1.807, 2.05) is 37.7 Å². The molecule has 0 bridgehead atoms. The summed E-state index contributed by atoms with van der Waals surface area (Å²) in [5.74, 6) is -5.47. The molecule has 7 aliphatic rings. The maximum absolute atomic E-state index is 16.3. The number of carbonyl (C=O) groups excluding carboxylic acids is 3. The molecule has 0 aromatic carbocycles. The normalized spacial score (nSPS) is 49.9. The molecule has 3 aliphatic heterocycles. The first kappa shape index (κ1) is 67.3. The van der Waals surface area contributed by atoms with Gasteiger partial charge in [0.2, 0.25) is 0 Å². The fourth-order valence-corrected chi connectivity index (χ4v) is 16.8. The van der Waals surface area contributed by atoms with Crippen LogP contribution in [0.3, 0.4) is 0 Å². The molecular formula is C61H101ClFN3O16. The Morgan fingerprint density at radius 2 is 1.60 bits per heavy atom. The van der Waals surface area contributed by atoms with Crippen molar-refractivity contribution in [2.45, 2.75) is 260 Å². The molecule has 0 aromatic rings. The van der Waals surface area contributed by atoms with Crippen LogP contribution in [0.4, 0.5) is 4.39 Å². The van der Waals surface area contributed by atoms with Crippen LogP contribution in [0.15, 0.2) is 23.8 Å². The van der Waals surface area contributed by atoms with Gasteiger partial charge in [0.25, 0.3) is 5.91 Å². The van der Waals surface area contributed by atoms with Crippen LogP contribution in [0.25, 0.3) is 0 Å². The first-order valence-corrected chi connectivity index (χ1v) is 30.7. The average Bonchev–Trinajstić information content (AvgIpc) is 1.89. The molecule has 19 nitrogen and oxygen atoms in total. The maximum Gasteiger partial charge on any atom is 0.311 e. The van der Waals surface area contributed by atoms with Crippen molar-refractivity contribution in [3.05, 3.63) is 23.8 Å². The van der Waals surface area contributed by atoms with Gasteiger partial charge in [-0.05, 0) is 155 Å². The topological polar surface area (TPSA) is 267 Å².